The van der Waals surface area contributed by atoms with Crippen LogP contribution in [-0.2, 0) is 15.0 Å². The molecule has 0 bridgehead atoms. The van der Waals surface area contributed by atoms with E-state index in [0.717, 1.165) is 4.90 Å². The molecule has 10 heteroatoms. The Bertz CT molecular complexity index is 683. The van der Waals surface area contributed by atoms with Crippen LogP contribution in [0.3, 0.4) is 0 Å². The lowest BCUT2D eigenvalue weighted by atomic mass is 10.1. The van der Waals surface area contributed by atoms with E-state index < -0.39 is 34.4 Å². The summed E-state index contributed by atoms with van der Waals surface area (Å²) in [5, 5.41) is 0.186. The first-order chi connectivity index (χ1) is 10.2. The standard InChI is InChI=1S/C12H11ClF3NO4S/c13-8-1-2-10(21-12(14)15)9(4-8)17-5-7(3-11(17)18)6-22(16,19)20/h1-2,4,7,12H,3,5-6H2. The molecule has 1 amide bonds. The van der Waals surface area contributed by atoms with Crippen LogP contribution in [0.4, 0.5) is 18.4 Å². The van der Waals surface area contributed by atoms with E-state index in [9.17, 15) is 25.9 Å². The molecule has 1 atom stereocenters. The van der Waals surface area contributed by atoms with Gasteiger partial charge in [-0.1, -0.05) is 11.6 Å². The van der Waals surface area contributed by atoms with Crippen molar-refractivity contribution in [2.75, 3.05) is 17.2 Å². The molecule has 0 aromatic heterocycles. The SMILES string of the molecule is O=C1CC(CS(=O)(=O)F)CN1c1cc(Cl)ccc1OC(F)F. The number of carbonyl (C=O) groups excluding carboxylic acids is 1. The summed E-state index contributed by atoms with van der Waals surface area (Å²) >= 11 is 5.79. The summed E-state index contributed by atoms with van der Waals surface area (Å²) < 4.78 is 63.1. The van der Waals surface area contributed by atoms with Crippen LogP contribution < -0.4 is 9.64 Å². The molecule has 0 saturated carbocycles. The van der Waals surface area contributed by atoms with Crippen molar-refractivity contribution in [1.29, 1.82) is 0 Å². The largest absolute Gasteiger partial charge is 0.433 e. The lowest BCUT2D eigenvalue weighted by Crippen LogP contribution is -2.26. The van der Waals surface area contributed by atoms with Gasteiger partial charge < -0.3 is 9.64 Å². The number of hydrogen-bond acceptors (Lipinski definition) is 4. The summed E-state index contributed by atoms with van der Waals surface area (Å²) in [5.41, 5.74) is -0.00319. The zero-order chi connectivity index (χ0) is 16.5. The van der Waals surface area contributed by atoms with Gasteiger partial charge in [0.25, 0.3) is 0 Å². The van der Waals surface area contributed by atoms with Gasteiger partial charge in [-0.15, -0.1) is 3.89 Å². The van der Waals surface area contributed by atoms with E-state index in [1.165, 1.54) is 18.2 Å². The van der Waals surface area contributed by atoms with Crippen molar-refractivity contribution < 1.29 is 30.6 Å². The lowest BCUT2D eigenvalue weighted by molar-refractivity contribution is -0.117. The molecule has 1 aliphatic heterocycles. The van der Waals surface area contributed by atoms with Crippen LogP contribution in [0.15, 0.2) is 18.2 Å². The van der Waals surface area contributed by atoms with Crippen molar-refractivity contribution in [3.63, 3.8) is 0 Å². The number of rotatable bonds is 5. The highest BCUT2D eigenvalue weighted by Gasteiger charge is 2.35. The Morgan fingerprint density at radius 2 is 2.09 bits per heavy atom. The maximum absolute atomic E-state index is 12.7. The predicted molar refractivity (Wildman–Crippen MR) is 73.4 cm³/mol. The number of carbonyl (C=O) groups is 1. The maximum Gasteiger partial charge on any atom is 0.387 e. The first kappa shape index (κ1) is 16.9. The number of nitrogens with zero attached hydrogens (tertiary/aromatic N) is 1. The molecule has 1 aromatic rings. The van der Waals surface area contributed by atoms with Gasteiger partial charge in [-0.3, -0.25) is 4.79 Å². The fraction of sp³-hybridized carbons (Fsp3) is 0.417. The smallest absolute Gasteiger partial charge is 0.387 e. The molecule has 0 N–H and O–H groups in total. The molecule has 0 aliphatic carbocycles. The fourth-order valence-corrected chi connectivity index (χ4v) is 3.26. The quantitative estimate of drug-likeness (QED) is 0.760. The second kappa shape index (κ2) is 6.33. The molecular weight excluding hydrogens is 347 g/mol. The molecule has 0 radical (unpaired) electrons. The van der Waals surface area contributed by atoms with E-state index in [1.54, 1.807) is 0 Å². The number of ether oxygens (including phenoxy) is 1. The first-order valence-corrected chi connectivity index (χ1v) is 8.06. The van der Waals surface area contributed by atoms with Gasteiger partial charge in [-0.05, 0) is 18.2 Å². The maximum atomic E-state index is 12.7. The second-order valence-electron chi connectivity index (χ2n) is 4.77. The molecule has 1 unspecified atom stereocenters. The Kier molecular flexibility index (Phi) is 4.86. The van der Waals surface area contributed by atoms with E-state index in [0.29, 0.717) is 0 Å². The number of hydrogen-bond donors (Lipinski definition) is 0. The van der Waals surface area contributed by atoms with Gasteiger partial charge in [0.05, 0.1) is 11.4 Å². The van der Waals surface area contributed by atoms with Crippen LogP contribution in [0.25, 0.3) is 0 Å². The minimum Gasteiger partial charge on any atom is -0.433 e. The third-order valence-electron chi connectivity index (χ3n) is 3.07. The van der Waals surface area contributed by atoms with Crippen LogP contribution in [0.5, 0.6) is 5.75 Å². The minimum atomic E-state index is -4.73. The summed E-state index contributed by atoms with van der Waals surface area (Å²) in [7, 11) is -4.73. The monoisotopic (exact) mass is 357 g/mol. The Hall–Kier alpha value is -1.48. The molecule has 1 aromatic carbocycles. The molecule has 22 heavy (non-hydrogen) atoms. The highest BCUT2D eigenvalue weighted by molar-refractivity contribution is 7.86. The average molecular weight is 358 g/mol. The van der Waals surface area contributed by atoms with E-state index >= 15 is 0 Å². The van der Waals surface area contributed by atoms with Crippen molar-refractivity contribution in [1.82, 2.24) is 0 Å². The van der Waals surface area contributed by atoms with E-state index in [1.807, 2.05) is 0 Å². The van der Waals surface area contributed by atoms with Gasteiger partial charge in [-0.25, -0.2) is 0 Å². The molecule has 2 rings (SSSR count). The van der Waals surface area contributed by atoms with E-state index in [2.05, 4.69) is 4.74 Å². The van der Waals surface area contributed by atoms with E-state index in [4.69, 9.17) is 11.6 Å². The molecule has 0 spiro atoms. The van der Waals surface area contributed by atoms with Crippen LogP contribution in [-0.4, -0.2) is 33.2 Å². The zero-order valence-electron chi connectivity index (χ0n) is 11.0. The van der Waals surface area contributed by atoms with Gasteiger partial charge >= 0.3 is 16.8 Å². The van der Waals surface area contributed by atoms with Gasteiger partial charge in [-0.2, -0.15) is 17.2 Å². The second-order valence-corrected chi connectivity index (χ2v) is 6.62. The van der Waals surface area contributed by atoms with Gasteiger partial charge in [0.2, 0.25) is 5.91 Å². The van der Waals surface area contributed by atoms with Gasteiger partial charge in [0.15, 0.2) is 0 Å². The molecule has 1 heterocycles. The van der Waals surface area contributed by atoms with Crippen LogP contribution in [0.1, 0.15) is 6.42 Å². The predicted octanol–water partition coefficient (Wildman–Crippen LogP) is 2.59. The molecule has 1 fully saturated rings. The van der Waals surface area contributed by atoms with Crippen LogP contribution in [0, 0.1) is 5.92 Å². The number of halogens is 4. The first-order valence-electron chi connectivity index (χ1n) is 6.13. The number of alkyl halides is 2. The highest BCUT2D eigenvalue weighted by Crippen LogP contribution is 2.36. The Labute approximate surface area is 129 Å². The fourth-order valence-electron chi connectivity index (χ4n) is 2.30. The van der Waals surface area contributed by atoms with Crippen LogP contribution in [0.2, 0.25) is 5.02 Å². The van der Waals surface area contributed by atoms with Crippen LogP contribution >= 0.6 is 11.6 Å². The Balaban J connectivity index is 2.27. The van der Waals surface area contributed by atoms with Gasteiger partial charge in [0, 0.05) is 23.9 Å². The minimum absolute atomic E-state index is 0.00319. The number of amides is 1. The summed E-state index contributed by atoms with van der Waals surface area (Å²) in [6.45, 7) is -3.22. The lowest BCUT2D eigenvalue weighted by Gasteiger charge is -2.20. The number of anilines is 1. The topological polar surface area (TPSA) is 63.7 Å². The zero-order valence-corrected chi connectivity index (χ0v) is 12.6. The van der Waals surface area contributed by atoms with Crippen molar-refractivity contribution in [3.05, 3.63) is 23.2 Å². The Morgan fingerprint density at radius 1 is 1.41 bits per heavy atom. The summed E-state index contributed by atoms with van der Waals surface area (Å²) in [5.74, 6) is -2.35. The van der Waals surface area contributed by atoms with Crippen molar-refractivity contribution in [2.45, 2.75) is 13.0 Å². The molecule has 1 aliphatic rings. The Morgan fingerprint density at radius 3 is 2.68 bits per heavy atom. The van der Waals surface area contributed by atoms with Crippen molar-refractivity contribution >= 4 is 33.4 Å². The molecule has 122 valence electrons. The third-order valence-corrected chi connectivity index (χ3v) is 4.17. The summed E-state index contributed by atoms with van der Waals surface area (Å²) in [4.78, 5) is 13.0. The average Bonchev–Trinajstić information content (AvgIpc) is 2.69. The summed E-state index contributed by atoms with van der Waals surface area (Å²) in [6, 6.07) is 3.74. The normalized spacial score (nSPS) is 19.0. The van der Waals surface area contributed by atoms with Crippen molar-refractivity contribution in [3.8, 4) is 5.75 Å². The van der Waals surface area contributed by atoms with Gasteiger partial charge in [0.1, 0.15) is 5.75 Å². The number of benzene rings is 1. The summed E-state index contributed by atoms with van der Waals surface area (Å²) in [6.07, 6.45) is -0.205. The van der Waals surface area contributed by atoms with E-state index in [-0.39, 0.29) is 29.4 Å². The highest BCUT2D eigenvalue weighted by atomic mass is 35.5. The molecule has 5 nitrogen and oxygen atoms in total. The third kappa shape index (κ3) is 4.26. The van der Waals surface area contributed by atoms with Crippen molar-refractivity contribution in [2.24, 2.45) is 5.92 Å². The molecular formula is C12H11ClF3NO4S. The molecule has 1 saturated heterocycles.